The van der Waals surface area contributed by atoms with Crippen LogP contribution in [0, 0.1) is 5.82 Å². The first kappa shape index (κ1) is 23.8. The first-order chi connectivity index (χ1) is 16.3. The minimum absolute atomic E-state index is 0.317. The lowest BCUT2D eigenvalue weighted by Gasteiger charge is -2.08. The summed E-state index contributed by atoms with van der Waals surface area (Å²) < 4.78 is 54.8. The molecular formula is C25H22F4N4S. The lowest BCUT2D eigenvalue weighted by molar-refractivity contribution is -0.137. The van der Waals surface area contributed by atoms with Crippen LogP contribution >= 0.6 is 11.9 Å². The fraction of sp³-hybridized carbons (Fsp3) is 0.200. The Balaban J connectivity index is 0.000000162. The Kier molecular flexibility index (Phi) is 7.21. The van der Waals surface area contributed by atoms with Crippen LogP contribution in [-0.2, 0) is 26.1 Å². The summed E-state index contributed by atoms with van der Waals surface area (Å²) in [7, 11) is 1.69. The Morgan fingerprint density at radius 1 is 0.971 bits per heavy atom. The van der Waals surface area contributed by atoms with E-state index in [9.17, 15) is 17.6 Å². The van der Waals surface area contributed by atoms with Crippen molar-refractivity contribution in [3.05, 3.63) is 95.6 Å². The number of anilines is 1. The number of nitrogens with zero attached hydrogens (tertiary/aromatic N) is 3. The molecule has 2 heterocycles. The van der Waals surface area contributed by atoms with Gasteiger partial charge in [0.15, 0.2) is 0 Å². The third kappa shape index (κ3) is 5.96. The number of halogens is 4. The summed E-state index contributed by atoms with van der Waals surface area (Å²) in [5, 5.41) is 3.92. The molecule has 0 atom stereocenters. The topological polar surface area (TPSA) is 42.7 Å². The number of nitrogens with one attached hydrogen (secondary N) is 1. The number of fused-ring (bicyclic) bond motifs is 1. The van der Waals surface area contributed by atoms with Crippen LogP contribution in [0.2, 0.25) is 0 Å². The SMILES string of the molecule is Cn1nccc1-c1cccc(C(F)(F)F)c1.Fc1ccc(NSc2ccc3c(c2)CCC3)nc1. The third-order valence-electron chi connectivity index (χ3n) is 5.38. The molecule has 4 nitrogen and oxygen atoms in total. The highest BCUT2D eigenvalue weighted by molar-refractivity contribution is 8.00. The molecule has 34 heavy (non-hydrogen) atoms. The minimum atomic E-state index is -4.31. The summed E-state index contributed by atoms with van der Waals surface area (Å²) in [6.07, 6.45) is 2.10. The van der Waals surface area contributed by atoms with Crippen molar-refractivity contribution in [1.29, 1.82) is 0 Å². The molecular weight excluding hydrogens is 464 g/mol. The first-order valence-corrected chi connectivity index (χ1v) is 11.4. The second-order valence-electron chi connectivity index (χ2n) is 7.77. The van der Waals surface area contributed by atoms with Crippen LogP contribution in [0.1, 0.15) is 23.1 Å². The Hall–Kier alpha value is -3.33. The van der Waals surface area contributed by atoms with Crippen LogP contribution in [0.15, 0.2) is 78.0 Å². The number of pyridine rings is 1. The zero-order valence-corrected chi connectivity index (χ0v) is 19.1. The van der Waals surface area contributed by atoms with Crippen molar-refractivity contribution in [3.8, 4) is 11.3 Å². The van der Waals surface area contributed by atoms with Gasteiger partial charge in [-0.1, -0.05) is 18.2 Å². The van der Waals surface area contributed by atoms with Gasteiger partial charge in [-0.05, 0) is 84.8 Å². The van der Waals surface area contributed by atoms with E-state index in [-0.39, 0.29) is 5.82 Å². The van der Waals surface area contributed by atoms with Gasteiger partial charge < -0.3 is 4.72 Å². The molecule has 0 radical (unpaired) electrons. The zero-order chi connectivity index (χ0) is 24.1. The Bertz CT molecular complexity index is 1250. The van der Waals surface area contributed by atoms with Crippen molar-refractivity contribution < 1.29 is 17.6 Å². The van der Waals surface area contributed by atoms with Crippen LogP contribution in [0.4, 0.5) is 23.4 Å². The average Bonchev–Trinajstić information content (AvgIpc) is 3.47. The molecule has 5 rings (SSSR count). The number of benzene rings is 2. The van der Waals surface area contributed by atoms with Gasteiger partial charge in [0.25, 0.3) is 0 Å². The van der Waals surface area contributed by atoms with E-state index in [1.165, 1.54) is 70.2 Å². The second-order valence-corrected chi connectivity index (χ2v) is 8.65. The molecule has 4 aromatic rings. The summed E-state index contributed by atoms with van der Waals surface area (Å²) in [6, 6.07) is 16.5. The van der Waals surface area contributed by atoms with Crippen molar-refractivity contribution in [3.63, 3.8) is 0 Å². The molecule has 0 saturated heterocycles. The average molecular weight is 487 g/mol. The number of aryl methyl sites for hydroxylation is 3. The predicted molar refractivity (Wildman–Crippen MR) is 126 cm³/mol. The fourth-order valence-electron chi connectivity index (χ4n) is 3.67. The van der Waals surface area contributed by atoms with E-state index < -0.39 is 11.7 Å². The van der Waals surface area contributed by atoms with E-state index in [0.717, 1.165) is 12.1 Å². The van der Waals surface area contributed by atoms with Gasteiger partial charge in [0.1, 0.15) is 11.6 Å². The first-order valence-electron chi connectivity index (χ1n) is 10.6. The highest BCUT2D eigenvalue weighted by Gasteiger charge is 2.30. The van der Waals surface area contributed by atoms with Crippen molar-refractivity contribution in [2.45, 2.75) is 30.3 Å². The molecule has 0 spiro atoms. The molecule has 1 aliphatic carbocycles. The molecule has 0 unspecified atom stereocenters. The van der Waals surface area contributed by atoms with Crippen molar-refractivity contribution in [2.24, 2.45) is 7.05 Å². The van der Waals surface area contributed by atoms with E-state index in [0.29, 0.717) is 17.1 Å². The second kappa shape index (κ2) is 10.3. The number of aromatic nitrogens is 3. The smallest absolute Gasteiger partial charge is 0.310 e. The number of hydrogen-bond acceptors (Lipinski definition) is 4. The van der Waals surface area contributed by atoms with Gasteiger partial charge in [0.2, 0.25) is 0 Å². The van der Waals surface area contributed by atoms with Crippen LogP contribution in [0.25, 0.3) is 11.3 Å². The van der Waals surface area contributed by atoms with E-state index in [4.69, 9.17) is 0 Å². The lowest BCUT2D eigenvalue weighted by atomic mass is 10.1. The normalized spacial score (nSPS) is 12.6. The molecule has 0 bridgehead atoms. The summed E-state index contributed by atoms with van der Waals surface area (Å²) in [6.45, 7) is 0. The summed E-state index contributed by atoms with van der Waals surface area (Å²) >= 11 is 1.51. The summed E-state index contributed by atoms with van der Waals surface area (Å²) in [5.74, 6) is 0.352. The van der Waals surface area contributed by atoms with Crippen LogP contribution in [0.3, 0.4) is 0 Å². The molecule has 0 saturated carbocycles. The monoisotopic (exact) mass is 486 g/mol. The van der Waals surface area contributed by atoms with Gasteiger partial charge in [-0.3, -0.25) is 4.68 Å². The lowest BCUT2D eigenvalue weighted by Crippen LogP contribution is -2.05. The standard InChI is InChI=1S/C14H13FN2S.C11H9F3N2/c15-12-5-7-14(16-9-12)17-18-13-6-4-10-2-1-3-11(10)8-13;1-16-10(5-6-15-16)8-3-2-4-9(7-8)11(12,13)14/h4-9H,1-3H2,(H,16,17);2-7H,1H3. The van der Waals surface area contributed by atoms with Gasteiger partial charge in [-0.2, -0.15) is 18.3 Å². The van der Waals surface area contributed by atoms with Gasteiger partial charge in [0.05, 0.1) is 17.5 Å². The van der Waals surface area contributed by atoms with Crippen LogP contribution < -0.4 is 4.72 Å². The fourth-order valence-corrected chi connectivity index (χ4v) is 4.35. The minimum Gasteiger partial charge on any atom is -0.310 e. The van der Waals surface area contributed by atoms with Crippen molar-refractivity contribution in [1.82, 2.24) is 14.8 Å². The van der Waals surface area contributed by atoms with Gasteiger partial charge >= 0.3 is 6.18 Å². The van der Waals surface area contributed by atoms with E-state index in [1.807, 2.05) is 0 Å². The van der Waals surface area contributed by atoms with Crippen LogP contribution in [0.5, 0.6) is 0 Å². The van der Waals surface area contributed by atoms with Gasteiger partial charge in [0, 0.05) is 23.7 Å². The summed E-state index contributed by atoms with van der Waals surface area (Å²) in [5.41, 5.74) is 3.44. The quantitative estimate of drug-likeness (QED) is 0.251. The molecule has 2 aromatic carbocycles. The number of alkyl halides is 3. The highest BCUT2D eigenvalue weighted by atomic mass is 32.2. The number of rotatable bonds is 4. The Morgan fingerprint density at radius 2 is 1.79 bits per heavy atom. The van der Waals surface area contributed by atoms with Gasteiger partial charge in [-0.15, -0.1) is 0 Å². The maximum Gasteiger partial charge on any atom is 0.416 e. The maximum atomic E-state index is 12.7. The molecule has 0 aliphatic heterocycles. The highest BCUT2D eigenvalue weighted by Crippen LogP contribution is 2.32. The molecule has 0 amide bonds. The molecule has 176 valence electrons. The molecule has 9 heteroatoms. The van der Waals surface area contributed by atoms with Crippen LogP contribution in [-0.4, -0.2) is 14.8 Å². The molecule has 1 aliphatic rings. The van der Waals surface area contributed by atoms with Gasteiger partial charge in [-0.25, -0.2) is 9.37 Å². The largest absolute Gasteiger partial charge is 0.416 e. The predicted octanol–water partition coefficient (Wildman–Crippen LogP) is 6.93. The Morgan fingerprint density at radius 3 is 2.50 bits per heavy atom. The summed E-state index contributed by atoms with van der Waals surface area (Å²) in [4.78, 5) is 5.13. The van der Waals surface area contributed by atoms with E-state index >= 15 is 0 Å². The molecule has 1 N–H and O–H groups in total. The number of hydrogen-bond donors (Lipinski definition) is 1. The molecule has 2 aromatic heterocycles. The zero-order valence-electron chi connectivity index (χ0n) is 18.3. The van der Waals surface area contributed by atoms with E-state index in [2.05, 4.69) is 33.0 Å². The van der Waals surface area contributed by atoms with E-state index in [1.54, 1.807) is 31.4 Å². The molecule has 0 fully saturated rings. The Labute approximate surface area is 199 Å². The maximum absolute atomic E-state index is 12.7. The van der Waals surface area contributed by atoms with Crippen molar-refractivity contribution >= 4 is 17.8 Å². The van der Waals surface area contributed by atoms with Crippen molar-refractivity contribution in [2.75, 3.05) is 4.72 Å². The third-order valence-corrected chi connectivity index (χ3v) is 6.18.